The molecule has 18 heavy (non-hydrogen) atoms. The molecule has 0 spiro atoms. The first kappa shape index (κ1) is 11.7. The van der Waals surface area contributed by atoms with Gasteiger partial charge < -0.3 is 0 Å². The Morgan fingerprint density at radius 1 is 1.44 bits per heavy atom. The van der Waals surface area contributed by atoms with Crippen LogP contribution in [0.2, 0.25) is 5.15 Å². The topological polar surface area (TPSA) is 54.9 Å². The summed E-state index contributed by atoms with van der Waals surface area (Å²) in [7, 11) is 0. The second-order valence-corrected chi connectivity index (χ2v) is 5.75. The largest absolute Gasteiger partial charge is 0.330 e. The van der Waals surface area contributed by atoms with Crippen LogP contribution in [-0.4, -0.2) is 9.55 Å². The molecule has 4 nitrogen and oxygen atoms in total. The van der Waals surface area contributed by atoms with E-state index < -0.39 is 5.69 Å². The van der Waals surface area contributed by atoms with E-state index in [-0.39, 0.29) is 16.8 Å². The predicted molar refractivity (Wildman–Crippen MR) is 71.7 cm³/mol. The van der Waals surface area contributed by atoms with Gasteiger partial charge in [0, 0.05) is 10.9 Å². The summed E-state index contributed by atoms with van der Waals surface area (Å²) >= 11 is 7.36. The fraction of sp³-hybridized carbons (Fsp3) is 0.333. The van der Waals surface area contributed by atoms with Gasteiger partial charge in [-0.3, -0.25) is 14.3 Å². The molecule has 0 amide bonds. The lowest BCUT2D eigenvalue weighted by atomic mass is 9.94. The molecule has 3 rings (SSSR count). The predicted octanol–water partition coefficient (Wildman–Crippen LogP) is 2.18. The Kier molecular flexibility index (Phi) is 2.87. The molecule has 1 unspecified atom stereocenters. The summed E-state index contributed by atoms with van der Waals surface area (Å²) in [6.45, 7) is 0. The third kappa shape index (κ3) is 1.83. The smallest absolute Gasteiger partial charge is 0.298 e. The summed E-state index contributed by atoms with van der Waals surface area (Å²) in [6, 6.07) is 3.10. The first-order valence-electron chi connectivity index (χ1n) is 5.74. The van der Waals surface area contributed by atoms with Crippen molar-refractivity contribution in [2.45, 2.75) is 25.3 Å². The van der Waals surface area contributed by atoms with E-state index in [2.05, 4.69) is 4.98 Å². The van der Waals surface area contributed by atoms with Gasteiger partial charge >= 0.3 is 5.69 Å². The number of nitrogens with zero attached hydrogens (tertiary/aromatic N) is 1. The molecule has 1 aliphatic rings. The molecule has 0 saturated carbocycles. The summed E-state index contributed by atoms with van der Waals surface area (Å²) in [5.74, 6) is 0. The second kappa shape index (κ2) is 4.40. The van der Waals surface area contributed by atoms with Crippen molar-refractivity contribution < 1.29 is 0 Å². The van der Waals surface area contributed by atoms with Gasteiger partial charge in [-0.25, -0.2) is 4.79 Å². The lowest BCUT2D eigenvalue weighted by Gasteiger charge is -2.23. The SMILES string of the molecule is O=c1cc(Cl)[nH]c(=O)n1C1CCCc2sccc21. The van der Waals surface area contributed by atoms with Crippen LogP contribution in [0.25, 0.3) is 0 Å². The number of rotatable bonds is 1. The molecular weight excluding hydrogens is 272 g/mol. The average Bonchev–Trinajstić information content (AvgIpc) is 2.76. The number of fused-ring (bicyclic) bond motifs is 1. The van der Waals surface area contributed by atoms with E-state index >= 15 is 0 Å². The fourth-order valence-corrected chi connectivity index (χ4v) is 3.66. The molecule has 2 aromatic rings. The first-order valence-corrected chi connectivity index (χ1v) is 7.00. The number of H-pyrrole nitrogens is 1. The lowest BCUT2D eigenvalue weighted by molar-refractivity contribution is 0.464. The molecule has 0 radical (unpaired) electrons. The molecule has 0 saturated heterocycles. The minimum atomic E-state index is -0.434. The van der Waals surface area contributed by atoms with Crippen LogP contribution >= 0.6 is 22.9 Å². The minimum absolute atomic E-state index is 0.0857. The summed E-state index contributed by atoms with van der Waals surface area (Å²) < 4.78 is 1.27. The number of aryl methyl sites for hydroxylation is 1. The molecule has 1 N–H and O–H groups in total. The molecule has 6 heteroatoms. The second-order valence-electron chi connectivity index (χ2n) is 4.34. The van der Waals surface area contributed by atoms with E-state index in [9.17, 15) is 9.59 Å². The minimum Gasteiger partial charge on any atom is -0.298 e. The van der Waals surface area contributed by atoms with E-state index in [0.717, 1.165) is 24.8 Å². The van der Waals surface area contributed by atoms with Crippen LogP contribution < -0.4 is 11.2 Å². The van der Waals surface area contributed by atoms with Gasteiger partial charge in [0.2, 0.25) is 0 Å². The lowest BCUT2D eigenvalue weighted by Crippen LogP contribution is -2.38. The van der Waals surface area contributed by atoms with Crippen molar-refractivity contribution in [2.24, 2.45) is 0 Å². The molecule has 1 aliphatic carbocycles. The first-order chi connectivity index (χ1) is 8.66. The molecular formula is C12H11ClN2O2S. The van der Waals surface area contributed by atoms with Crippen molar-refractivity contribution in [1.82, 2.24) is 9.55 Å². The zero-order valence-corrected chi connectivity index (χ0v) is 11.1. The summed E-state index contributed by atoms with van der Waals surface area (Å²) in [5.41, 5.74) is 0.325. The monoisotopic (exact) mass is 282 g/mol. The van der Waals surface area contributed by atoms with Gasteiger partial charge in [0.25, 0.3) is 5.56 Å². The van der Waals surface area contributed by atoms with E-state index in [1.54, 1.807) is 11.3 Å². The number of aromatic amines is 1. The normalized spacial score (nSPS) is 18.6. The molecule has 2 heterocycles. The van der Waals surface area contributed by atoms with Crippen molar-refractivity contribution in [1.29, 1.82) is 0 Å². The standard InChI is InChI=1S/C12H11ClN2O2S/c13-10-6-11(16)15(12(17)14-10)8-2-1-3-9-7(8)4-5-18-9/h4-6,8H,1-3H2,(H,14,17). The van der Waals surface area contributed by atoms with Gasteiger partial charge in [0.1, 0.15) is 5.15 Å². The molecule has 1 atom stereocenters. The van der Waals surface area contributed by atoms with Gasteiger partial charge in [-0.2, -0.15) is 0 Å². The number of thiophene rings is 1. The Morgan fingerprint density at radius 3 is 3.06 bits per heavy atom. The maximum atomic E-state index is 12.0. The van der Waals surface area contributed by atoms with E-state index in [1.807, 2.05) is 11.4 Å². The molecule has 94 valence electrons. The van der Waals surface area contributed by atoms with Crippen molar-refractivity contribution in [2.75, 3.05) is 0 Å². The van der Waals surface area contributed by atoms with E-state index in [1.165, 1.54) is 15.5 Å². The Balaban J connectivity index is 2.19. The van der Waals surface area contributed by atoms with Crippen LogP contribution in [0.3, 0.4) is 0 Å². The van der Waals surface area contributed by atoms with Crippen molar-refractivity contribution in [3.63, 3.8) is 0 Å². The molecule has 2 aromatic heterocycles. The van der Waals surface area contributed by atoms with Crippen molar-refractivity contribution in [3.8, 4) is 0 Å². The maximum Gasteiger partial charge on any atom is 0.330 e. The van der Waals surface area contributed by atoms with Crippen molar-refractivity contribution >= 4 is 22.9 Å². The Bertz CT molecular complexity index is 669. The zero-order chi connectivity index (χ0) is 12.7. The number of hydrogen-bond acceptors (Lipinski definition) is 3. The quantitative estimate of drug-likeness (QED) is 0.815. The Hall–Kier alpha value is -1.33. The van der Waals surface area contributed by atoms with Crippen LogP contribution in [0.15, 0.2) is 27.1 Å². The maximum absolute atomic E-state index is 12.0. The van der Waals surface area contributed by atoms with Gasteiger partial charge in [0.05, 0.1) is 6.04 Å². The van der Waals surface area contributed by atoms with Crippen molar-refractivity contribution in [3.05, 3.63) is 53.9 Å². The van der Waals surface area contributed by atoms with Gasteiger partial charge in [-0.1, -0.05) is 11.6 Å². The van der Waals surface area contributed by atoms with Gasteiger partial charge in [-0.05, 0) is 36.3 Å². The molecule has 0 aliphatic heterocycles. The number of halogens is 1. The highest BCUT2D eigenvalue weighted by atomic mass is 35.5. The van der Waals surface area contributed by atoms with Crippen LogP contribution in [0.4, 0.5) is 0 Å². The summed E-state index contributed by atoms with van der Waals surface area (Å²) in [5, 5.41) is 2.10. The van der Waals surface area contributed by atoms with E-state index in [4.69, 9.17) is 11.6 Å². The third-order valence-corrected chi connectivity index (χ3v) is 4.46. The average molecular weight is 283 g/mol. The molecule has 0 aromatic carbocycles. The van der Waals surface area contributed by atoms with Gasteiger partial charge in [0.15, 0.2) is 0 Å². The number of aromatic nitrogens is 2. The molecule has 0 fully saturated rings. The zero-order valence-electron chi connectivity index (χ0n) is 9.48. The highest BCUT2D eigenvalue weighted by molar-refractivity contribution is 7.10. The highest BCUT2D eigenvalue weighted by Crippen LogP contribution is 2.34. The van der Waals surface area contributed by atoms with Crippen LogP contribution in [-0.2, 0) is 6.42 Å². The molecule has 0 bridgehead atoms. The number of nitrogens with one attached hydrogen (secondary N) is 1. The number of hydrogen-bond donors (Lipinski definition) is 1. The van der Waals surface area contributed by atoms with Crippen LogP contribution in [0, 0.1) is 0 Å². The highest BCUT2D eigenvalue weighted by Gasteiger charge is 2.25. The van der Waals surface area contributed by atoms with E-state index in [0.29, 0.717) is 0 Å². The summed E-state index contributed by atoms with van der Waals surface area (Å²) in [4.78, 5) is 27.6. The fourth-order valence-electron chi connectivity index (χ4n) is 2.50. The van der Waals surface area contributed by atoms with Crippen LogP contribution in [0.5, 0.6) is 0 Å². The summed E-state index contributed by atoms with van der Waals surface area (Å²) in [6.07, 6.45) is 2.84. The van der Waals surface area contributed by atoms with Crippen LogP contribution in [0.1, 0.15) is 29.3 Å². The Labute approximate surface area is 112 Å². The third-order valence-electron chi connectivity index (χ3n) is 3.26. The van der Waals surface area contributed by atoms with Gasteiger partial charge in [-0.15, -0.1) is 11.3 Å². The Morgan fingerprint density at radius 2 is 2.28 bits per heavy atom.